The van der Waals surface area contributed by atoms with Gasteiger partial charge in [-0.3, -0.25) is 29.5 Å². The number of carbonyl (C=O) groups is 3. The third kappa shape index (κ3) is 4.97. The van der Waals surface area contributed by atoms with E-state index in [0.717, 1.165) is 23.6 Å². The first-order valence-electron chi connectivity index (χ1n) is 16.0. The van der Waals surface area contributed by atoms with Crippen LogP contribution in [0.5, 0.6) is 0 Å². The molecule has 3 heterocycles. The van der Waals surface area contributed by atoms with Crippen LogP contribution in [-0.4, -0.2) is 54.8 Å². The predicted octanol–water partition coefficient (Wildman–Crippen LogP) is 4.53. The largest absolute Gasteiger partial charge is 0.367 e. The minimum Gasteiger partial charge on any atom is -0.367 e. The number of piperazine rings is 1. The summed E-state index contributed by atoms with van der Waals surface area (Å²) in [6.07, 6.45) is -2.14. The number of hydrogen-bond acceptors (Lipinski definition) is 6. The maximum Gasteiger partial charge on any atom is 0.259 e. The van der Waals surface area contributed by atoms with Crippen LogP contribution < -0.4 is 15.1 Å². The van der Waals surface area contributed by atoms with Crippen LogP contribution in [0.25, 0.3) is 10.8 Å². The second kappa shape index (κ2) is 11.2. The summed E-state index contributed by atoms with van der Waals surface area (Å²) in [7, 11) is 0. The minimum absolute atomic E-state index is 0.0655. The van der Waals surface area contributed by atoms with Crippen molar-refractivity contribution in [3.05, 3.63) is 106 Å². The van der Waals surface area contributed by atoms with E-state index < -0.39 is 35.9 Å². The molecular formula is C35H30FN5O3. The lowest BCUT2D eigenvalue weighted by Crippen LogP contribution is -2.53. The number of benzene rings is 4. The van der Waals surface area contributed by atoms with Gasteiger partial charge in [0.25, 0.3) is 5.91 Å². The smallest absolute Gasteiger partial charge is 0.259 e. The summed E-state index contributed by atoms with van der Waals surface area (Å²) < 4.78 is 41.8. The van der Waals surface area contributed by atoms with Crippen molar-refractivity contribution in [2.24, 2.45) is 0 Å². The molecule has 2 saturated heterocycles. The predicted molar refractivity (Wildman–Crippen MR) is 165 cm³/mol. The van der Waals surface area contributed by atoms with E-state index in [2.05, 4.69) is 10.2 Å². The Balaban J connectivity index is 1.10. The Kier molecular flexibility index (Phi) is 6.21. The first-order chi connectivity index (χ1) is 22.5. The van der Waals surface area contributed by atoms with Gasteiger partial charge in [0.15, 0.2) is 0 Å². The molecule has 0 aromatic heterocycles. The second-order valence-corrected chi connectivity index (χ2v) is 11.2. The standard InChI is InChI=1S/C35H30FN5O3/c36-28-19-24(20-37)8-10-29(28)40-16-14-39(15-17-40)21-23-6-4-22(5-7-23)18-25-9-11-30-33-26(25)2-1-3-27(33)35(44)41(30)31-12-13-32(42)38-34(31)43/h1-11,19,31H,12-18,21H2,(H,38,42,43)/i18D2,31D. The van der Waals surface area contributed by atoms with Gasteiger partial charge in [-0.05, 0) is 65.2 Å². The Labute approximate surface area is 258 Å². The number of halogens is 1. The summed E-state index contributed by atoms with van der Waals surface area (Å²) in [4.78, 5) is 43.5. The molecule has 3 amide bonds. The van der Waals surface area contributed by atoms with Crippen molar-refractivity contribution < 1.29 is 22.9 Å². The molecule has 0 aliphatic carbocycles. The van der Waals surface area contributed by atoms with E-state index in [-0.39, 0.29) is 18.4 Å². The van der Waals surface area contributed by atoms with Crippen molar-refractivity contribution >= 4 is 39.9 Å². The summed E-state index contributed by atoms with van der Waals surface area (Å²) in [6.45, 7) is 3.36. The quantitative estimate of drug-likeness (QED) is 0.332. The average molecular weight is 591 g/mol. The van der Waals surface area contributed by atoms with Crippen molar-refractivity contribution in [3.63, 3.8) is 0 Å². The Morgan fingerprint density at radius 1 is 0.955 bits per heavy atom. The number of carbonyl (C=O) groups excluding carboxylic acids is 3. The fraction of sp³-hybridized carbons (Fsp3) is 0.257. The van der Waals surface area contributed by atoms with E-state index in [9.17, 15) is 21.5 Å². The molecule has 220 valence electrons. The van der Waals surface area contributed by atoms with Gasteiger partial charge in [0.1, 0.15) is 11.8 Å². The van der Waals surface area contributed by atoms with Gasteiger partial charge in [-0.25, -0.2) is 4.39 Å². The van der Waals surface area contributed by atoms with Gasteiger partial charge >= 0.3 is 0 Å². The van der Waals surface area contributed by atoms with Gasteiger partial charge in [-0.1, -0.05) is 42.5 Å². The van der Waals surface area contributed by atoms with Gasteiger partial charge in [0.05, 0.1) is 24.4 Å². The average Bonchev–Trinajstić information content (AvgIpc) is 3.36. The molecule has 0 bridgehead atoms. The molecule has 8 nitrogen and oxygen atoms in total. The highest BCUT2D eigenvalue weighted by atomic mass is 19.1. The van der Waals surface area contributed by atoms with E-state index in [1.807, 2.05) is 23.1 Å². The maximum absolute atomic E-state index is 14.5. The van der Waals surface area contributed by atoms with E-state index in [1.54, 1.807) is 54.6 Å². The lowest BCUT2D eigenvalue weighted by molar-refractivity contribution is -0.134. The van der Waals surface area contributed by atoms with Crippen molar-refractivity contribution in [2.75, 3.05) is 36.0 Å². The zero-order valence-electron chi connectivity index (χ0n) is 26.8. The number of piperidine rings is 1. The third-order valence-corrected chi connectivity index (χ3v) is 8.50. The zero-order chi connectivity index (χ0) is 33.1. The summed E-state index contributed by atoms with van der Waals surface area (Å²) >= 11 is 0. The highest BCUT2D eigenvalue weighted by Gasteiger charge is 2.40. The molecule has 44 heavy (non-hydrogen) atoms. The van der Waals surface area contributed by atoms with Crippen LogP contribution in [0.15, 0.2) is 72.8 Å². The molecule has 1 N–H and O–H groups in total. The molecule has 2 fully saturated rings. The van der Waals surface area contributed by atoms with Gasteiger partial charge in [0, 0.05) is 52.8 Å². The number of amides is 3. The molecule has 0 radical (unpaired) electrons. The number of imide groups is 1. The second-order valence-electron chi connectivity index (χ2n) is 11.2. The molecular weight excluding hydrogens is 557 g/mol. The molecule has 9 heteroatoms. The first-order valence-corrected chi connectivity index (χ1v) is 14.5. The van der Waals surface area contributed by atoms with Crippen LogP contribution in [0.2, 0.25) is 0 Å². The van der Waals surface area contributed by atoms with E-state index in [4.69, 9.17) is 6.63 Å². The summed E-state index contributed by atoms with van der Waals surface area (Å²) in [6, 6.07) is 20.0. The minimum atomic E-state index is -2.00. The van der Waals surface area contributed by atoms with Crippen molar-refractivity contribution in [2.45, 2.75) is 31.8 Å². The molecule has 3 aliphatic heterocycles. The van der Waals surface area contributed by atoms with E-state index in [0.29, 0.717) is 58.5 Å². The number of hydrogen-bond donors (Lipinski definition) is 1. The van der Waals surface area contributed by atoms with Crippen molar-refractivity contribution in [1.82, 2.24) is 10.2 Å². The normalized spacial score (nSPS) is 21.5. The van der Waals surface area contributed by atoms with Gasteiger partial charge in [-0.2, -0.15) is 5.26 Å². The van der Waals surface area contributed by atoms with Gasteiger partial charge in [-0.15, -0.1) is 0 Å². The molecule has 7 rings (SSSR count). The van der Waals surface area contributed by atoms with Crippen LogP contribution in [0.4, 0.5) is 15.8 Å². The summed E-state index contributed by atoms with van der Waals surface area (Å²) in [5, 5.41) is 12.2. The fourth-order valence-corrected chi connectivity index (χ4v) is 6.27. The van der Waals surface area contributed by atoms with Crippen LogP contribution in [0, 0.1) is 17.1 Å². The van der Waals surface area contributed by atoms with E-state index >= 15 is 0 Å². The molecule has 4 aromatic rings. The number of anilines is 2. The molecule has 3 aliphatic rings. The van der Waals surface area contributed by atoms with E-state index in [1.165, 1.54) is 6.07 Å². The third-order valence-electron chi connectivity index (χ3n) is 8.50. The van der Waals surface area contributed by atoms with Gasteiger partial charge < -0.3 is 4.90 Å². The van der Waals surface area contributed by atoms with Crippen LogP contribution in [0.3, 0.4) is 0 Å². The first kappa shape index (κ1) is 24.4. The lowest BCUT2D eigenvalue weighted by Gasteiger charge is -2.36. The van der Waals surface area contributed by atoms with Crippen LogP contribution in [-0.2, 0) is 22.5 Å². The number of rotatable bonds is 6. The summed E-state index contributed by atoms with van der Waals surface area (Å²) in [5.41, 5.74) is 3.21. The molecule has 0 saturated carbocycles. The Morgan fingerprint density at radius 3 is 2.43 bits per heavy atom. The molecule has 0 spiro atoms. The Morgan fingerprint density at radius 2 is 1.70 bits per heavy atom. The van der Waals surface area contributed by atoms with Crippen molar-refractivity contribution in [1.29, 1.82) is 5.26 Å². The molecule has 1 atom stereocenters. The topological polar surface area (TPSA) is 96.8 Å². The molecule has 1 unspecified atom stereocenters. The van der Waals surface area contributed by atoms with Crippen molar-refractivity contribution in [3.8, 4) is 6.07 Å². The fourth-order valence-electron chi connectivity index (χ4n) is 6.27. The SMILES string of the molecule is [2H]C([2H])(c1ccc(CN2CCN(c3ccc(C#N)cc3F)CC2)cc1)c1ccc2c3c(cccc13)C(=O)N2C1([2H])CCC(=O)NC1=O. The van der Waals surface area contributed by atoms with Crippen LogP contribution in [0.1, 0.15) is 49.6 Å². The zero-order valence-corrected chi connectivity index (χ0v) is 23.8. The molecule has 4 aromatic carbocycles. The summed E-state index contributed by atoms with van der Waals surface area (Å²) in [5.74, 6) is -2.28. The van der Waals surface area contributed by atoms with Crippen LogP contribution >= 0.6 is 0 Å². The Hall–Kier alpha value is -5.07. The number of nitrogens with zero attached hydrogens (tertiary/aromatic N) is 4. The highest BCUT2D eigenvalue weighted by molar-refractivity contribution is 6.27. The lowest BCUT2D eigenvalue weighted by atomic mass is 9.95. The number of nitriles is 1. The maximum atomic E-state index is 14.5. The van der Waals surface area contributed by atoms with Gasteiger partial charge in [0.2, 0.25) is 11.8 Å². The highest BCUT2D eigenvalue weighted by Crippen LogP contribution is 2.41. The Bertz CT molecular complexity index is 2010. The monoisotopic (exact) mass is 590 g/mol. The number of nitrogens with one attached hydrogen (secondary N) is 1.